The fourth-order valence-electron chi connectivity index (χ4n) is 1.25. The number of carbonyl (C=O) groups is 1. The van der Waals surface area contributed by atoms with Crippen LogP contribution in [-0.2, 0) is 6.42 Å². The summed E-state index contributed by atoms with van der Waals surface area (Å²) >= 11 is 0. The minimum absolute atomic E-state index is 0.0822. The molecule has 1 aliphatic heterocycles. The van der Waals surface area contributed by atoms with Crippen molar-refractivity contribution in [3.05, 3.63) is 17.7 Å². The molecule has 2 N–H and O–H groups in total. The number of aromatic nitrogens is 2. The standard InChI is InChI=1S/C7H9N3O/c11-6-3-8-2-1-5-7(6)10-4-9-5/h4,8H,1-3H2,(H,9,10). The van der Waals surface area contributed by atoms with E-state index in [9.17, 15) is 4.79 Å². The zero-order chi connectivity index (χ0) is 7.68. The van der Waals surface area contributed by atoms with Crippen LogP contribution >= 0.6 is 0 Å². The summed E-state index contributed by atoms with van der Waals surface area (Å²) in [7, 11) is 0. The van der Waals surface area contributed by atoms with Crippen LogP contribution in [-0.4, -0.2) is 28.8 Å². The van der Waals surface area contributed by atoms with Gasteiger partial charge in [0.1, 0.15) is 5.69 Å². The Morgan fingerprint density at radius 3 is 3.36 bits per heavy atom. The molecular formula is C7H9N3O. The summed E-state index contributed by atoms with van der Waals surface area (Å²) in [5.41, 5.74) is 1.56. The second-order valence-corrected chi connectivity index (χ2v) is 2.58. The first-order valence-electron chi connectivity index (χ1n) is 3.64. The van der Waals surface area contributed by atoms with Crippen molar-refractivity contribution in [1.82, 2.24) is 15.3 Å². The Bertz CT molecular complexity index is 279. The Hall–Kier alpha value is -1.16. The predicted molar refractivity (Wildman–Crippen MR) is 39.5 cm³/mol. The number of nitrogens with zero attached hydrogens (tertiary/aromatic N) is 1. The van der Waals surface area contributed by atoms with Crippen LogP contribution in [0.25, 0.3) is 0 Å². The van der Waals surface area contributed by atoms with Gasteiger partial charge in [-0.05, 0) is 0 Å². The van der Waals surface area contributed by atoms with Crippen molar-refractivity contribution in [2.24, 2.45) is 0 Å². The molecule has 0 radical (unpaired) electrons. The fraction of sp³-hybridized carbons (Fsp3) is 0.429. The summed E-state index contributed by atoms with van der Waals surface area (Å²) in [5, 5.41) is 3.02. The second-order valence-electron chi connectivity index (χ2n) is 2.58. The molecule has 0 aliphatic carbocycles. The Morgan fingerprint density at radius 1 is 1.55 bits per heavy atom. The van der Waals surface area contributed by atoms with Crippen LogP contribution in [0.1, 0.15) is 16.2 Å². The molecule has 0 bridgehead atoms. The van der Waals surface area contributed by atoms with Gasteiger partial charge in [0.25, 0.3) is 0 Å². The quantitative estimate of drug-likeness (QED) is 0.537. The highest BCUT2D eigenvalue weighted by Crippen LogP contribution is 2.06. The maximum atomic E-state index is 11.2. The Kier molecular flexibility index (Phi) is 1.47. The number of rotatable bonds is 0. The maximum absolute atomic E-state index is 11.2. The first-order chi connectivity index (χ1) is 5.38. The molecule has 11 heavy (non-hydrogen) atoms. The van der Waals surface area contributed by atoms with Crippen LogP contribution in [0.2, 0.25) is 0 Å². The normalized spacial score (nSPS) is 17.6. The molecule has 2 rings (SSSR count). The predicted octanol–water partition coefficient (Wildman–Crippen LogP) is -0.262. The molecule has 1 aromatic heterocycles. The van der Waals surface area contributed by atoms with Gasteiger partial charge in [-0.25, -0.2) is 4.98 Å². The van der Waals surface area contributed by atoms with Crippen molar-refractivity contribution in [3.8, 4) is 0 Å². The van der Waals surface area contributed by atoms with Crippen LogP contribution in [0.5, 0.6) is 0 Å². The van der Waals surface area contributed by atoms with E-state index in [0.29, 0.717) is 12.2 Å². The van der Waals surface area contributed by atoms with Gasteiger partial charge >= 0.3 is 0 Å². The van der Waals surface area contributed by atoms with Gasteiger partial charge in [0, 0.05) is 18.7 Å². The lowest BCUT2D eigenvalue weighted by molar-refractivity contribution is 0.0989. The molecule has 0 unspecified atom stereocenters. The zero-order valence-electron chi connectivity index (χ0n) is 6.05. The van der Waals surface area contributed by atoms with Crippen LogP contribution < -0.4 is 5.32 Å². The second kappa shape index (κ2) is 2.47. The molecule has 0 amide bonds. The average molecular weight is 151 g/mol. The highest BCUT2D eigenvalue weighted by atomic mass is 16.1. The highest BCUT2D eigenvalue weighted by Gasteiger charge is 2.16. The van der Waals surface area contributed by atoms with Crippen molar-refractivity contribution in [1.29, 1.82) is 0 Å². The van der Waals surface area contributed by atoms with E-state index in [0.717, 1.165) is 18.7 Å². The highest BCUT2D eigenvalue weighted by molar-refractivity contribution is 5.97. The minimum atomic E-state index is 0.0822. The van der Waals surface area contributed by atoms with Crippen molar-refractivity contribution in [3.63, 3.8) is 0 Å². The third kappa shape index (κ3) is 1.05. The Labute approximate surface area is 64.0 Å². The first-order valence-corrected chi connectivity index (χ1v) is 3.64. The van der Waals surface area contributed by atoms with Crippen LogP contribution in [0, 0.1) is 0 Å². The molecule has 0 atom stereocenters. The van der Waals surface area contributed by atoms with Gasteiger partial charge in [0.05, 0.1) is 12.9 Å². The van der Waals surface area contributed by atoms with Gasteiger partial charge in [-0.2, -0.15) is 0 Å². The van der Waals surface area contributed by atoms with E-state index in [1.165, 1.54) is 0 Å². The number of fused-ring (bicyclic) bond motifs is 1. The summed E-state index contributed by atoms with van der Waals surface area (Å²) in [6.45, 7) is 1.26. The van der Waals surface area contributed by atoms with Gasteiger partial charge in [0.15, 0.2) is 5.78 Å². The number of carbonyl (C=O) groups excluding carboxylic acids is 1. The van der Waals surface area contributed by atoms with E-state index >= 15 is 0 Å². The molecular weight excluding hydrogens is 142 g/mol. The smallest absolute Gasteiger partial charge is 0.196 e. The van der Waals surface area contributed by atoms with Crippen molar-refractivity contribution < 1.29 is 4.79 Å². The monoisotopic (exact) mass is 151 g/mol. The molecule has 4 nitrogen and oxygen atoms in total. The average Bonchev–Trinajstić information content (AvgIpc) is 2.40. The van der Waals surface area contributed by atoms with Gasteiger partial charge in [-0.3, -0.25) is 4.79 Å². The number of ketones is 1. The molecule has 0 saturated heterocycles. The number of nitrogens with one attached hydrogen (secondary N) is 2. The molecule has 1 aromatic rings. The van der Waals surface area contributed by atoms with Gasteiger partial charge in [-0.1, -0.05) is 0 Å². The van der Waals surface area contributed by atoms with E-state index in [2.05, 4.69) is 15.3 Å². The molecule has 4 heteroatoms. The molecule has 0 fully saturated rings. The molecule has 58 valence electrons. The first kappa shape index (κ1) is 6.54. The number of hydrogen-bond acceptors (Lipinski definition) is 3. The Morgan fingerprint density at radius 2 is 2.45 bits per heavy atom. The number of hydrogen-bond donors (Lipinski definition) is 2. The van der Waals surface area contributed by atoms with Gasteiger partial charge < -0.3 is 10.3 Å². The van der Waals surface area contributed by atoms with Crippen molar-refractivity contribution >= 4 is 5.78 Å². The third-order valence-electron chi connectivity index (χ3n) is 1.82. The lowest BCUT2D eigenvalue weighted by atomic mass is 10.2. The number of imidazole rings is 1. The molecule has 0 saturated carbocycles. The van der Waals surface area contributed by atoms with E-state index < -0.39 is 0 Å². The topological polar surface area (TPSA) is 57.8 Å². The summed E-state index contributed by atoms with van der Waals surface area (Å²) < 4.78 is 0. The van der Waals surface area contributed by atoms with Gasteiger partial charge in [-0.15, -0.1) is 0 Å². The van der Waals surface area contributed by atoms with E-state index in [1.54, 1.807) is 6.33 Å². The lowest BCUT2D eigenvalue weighted by Gasteiger charge is -1.92. The SMILES string of the molecule is O=C1CNCCc2[nH]cnc21. The van der Waals surface area contributed by atoms with Gasteiger partial charge in [0.2, 0.25) is 0 Å². The fourth-order valence-corrected chi connectivity index (χ4v) is 1.25. The zero-order valence-corrected chi connectivity index (χ0v) is 6.05. The van der Waals surface area contributed by atoms with Crippen LogP contribution in [0.15, 0.2) is 6.33 Å². The summed E-state index contributed by atoms with van der Waals surface area (Å²) in [6.07, 6.45) is 2.44. The van der Waals surface area contributed by atoms with Crippen LogP contribution in [0.3, 0.4) is 0 Å². The largest absolute Gasteiger partial charge is 0.348 e. The summed E-state index contributed by atoms with van der Waals surface area (Å²) in [6, 6.07) is 0. The van der Waals surface area contributed by atoms with Crippen LogP contribution in [0.4, 0.5) is 0 Å². The number of H-pyrrole nitrogens is 1. The van der Waals surface area contributed by atoms with E-state index in [4.69, 9.17) is 0 Å². The van der Waals surface area contributed by atoms with Crippen molar-refractivity contribution in [2.75, 3.05) is 13.1 Å². The Balaban J connectivity index is 2.41. The maximum Gasteiger partial charge on any atom is 0.196 e. The summed E-state index contributed by atoms with van der Waals surface area (Å²) in [5.74, 6) is 0.0822. The third-order valence-corrected chi connectivity index (χ3v) is 1.82. The lowest BCUT2D eigenvalue weighted by Crippen LogP contribution is -2.21. The van der Waals surface area contributed by atoms with E-state index in [1.807, 2.05) is 0 Å². The molecule has 0 aromatic carbocycles. The molecule has 2 heterocycles. The number of Topliss-reactive ketones (excluding diaryl/α,β-unsaturated/α-hetero) is 1. The number of aromatic amines is 1. The van der Waals surface area contributed by atoms with E-state index in [-0.39, 0.29) is 5.78 Å². The minimum Gasteiger partial charge on any atom is -0.348 e. The molecule has 1 aliphatic rings. The summed E-state index contributed by atoms with van der Waals surface area (Å²) in [4.78, 5) is 18.1. The van der Waals surface area contributed by atoms with Crippen molar-refractivity contribution in [2.45, 2.75) is 6.42 Å². The molecule has 0 spiro atoms.